The lowest BCUT2D eigenvalue weighted by molar-refractivity contribution is 0.356. The molecule has 114 valence electrons. The first-order valence-corrected chi connectivity index (χ1v) is 7.16. The maximum absolute atomic E-state index is 6.59. The van der Waals surface area contributed by atoms with Crippen molar-refractivity contribution in [3.05, 3.63) is 34.9 Å². The number of methoxy groups -OCH3 is 3. The molecule has 0 aliphatic carbocycles. The minimum absolute atomic E-state index is 0.622. The second-order valence-corrected chi connectivity index (χ2v) is 5.37. The second-order valence-electron chi connectivity index (χ2n) is 4.99. The van der Waals surface area contributed by atoms with Gasteiger partial charge in [0.15, 0.2) is 11.5 Å². The lowest BCUT2D eigenvalue weighted by Gasteiger charge is -2.12. The van der Waals surface area contributed by atoms with Gasteiger partial charge in [-0.2, -0.15) is 0 Å². The third-order valence-corrected chi connectivity index (χ3v) is 4.14. The molecule has 0 amide bonds. The van der Waals surface area contributed by atoms with Crippen LogP contribution >= 0.6 is 11.6 Å². The Balaban J connectivity index is 2.41. The van der Waals surface area contributed by atoms with Crippen LogP contribution in [-0.4, -0.2) is 26.3 Å². The third kappa shape index (κ3) is 2.20. The minimum atomic E-state index is 0.622. The van der Waals surface area contributed by atoms with Crippen LogP contribution in [0.5, 0.6) is 17.2 Å². The topological polar surface area (TPSA) is 40.6 Å². The first-order chi connectivity index (χ1) is 10.6. The molecule has 0 saturated carbocycles. The lowest BCUT2D eigenvalue weighted by Crippen LogP contribution is -1.94. The number of aryl methyl sites for hydroxylation is 1. The minimum Gasteiger partial charge on any atom is -0.496 e. The summed E-state index contributed by atoms with van der Waals surface area (Å²) in [5, 5.41) is 2.29. The molecule has 2 aromatic carbocycles. The summed E-state index contributed by atoms with van der Waals surface area (Å²) in [7, 11) is 4.84. The van der Waals surface area contributed by atoms with E-state index in [2.05, 4.69) is 4.98 Å². The lowest BCUT2D eigenvalue weighted by atomic mass is 10.1. The zero-order valence-corrected chi connectivity index (χ0v) is 13.6. The van der Waals surface area contributed by atoms with E-state index in [4.69, 9.17) is 25.8 Å². The summed E-state index contributed by atoms with van der Waals surface area (Å²) >= 11 is 6.59. The van der Waals surface area contributed by atoms with Crippen molar-refractivity contribution in [2.75, 3.05) is 21.3 Å². The van der Waals surface area contributed by atoms with Gasteiger partial charge in [-0.1, -0.05) is 11.6 Å². The molecule has 0 spiro atoms. The fourth-order valence-electron chi connectivity index (χ4n) is 2.57. The van der Waals surface area contributed by atoms with Crippen molar-refractivity contribution in [2.24, 2.45) is 0 Å². The van der Waals surface area contributed by atoms with Crippen LogP contribution in [0.1, 0.15) is 5.56 Å². The zero-order valence-electron chi connectivity index (χ0n) is 12.9. The molecule has 1 aromatic heterocycles. The van der Waals surface area contributed by atoms with Crippen molar-refractivity contribution >= 4 is 33.4 Å². The van der Waals surface area contributed by atoms with Gasteiger partial charge >= 0.3 is 0 Å². The molecular formula is C17H16ClNO3. The Morgan fingerprint density at radius 3 is 1.86 bits per heavy atom. The first kappa shape index (κ1) is 14.7. The highest BCUT2D eigenvalue weighted by Crippen LogP contribution is 2.39. The monoisotopic (exact) mass is 317 g/mol. The largest absolute Gasteiger partial charge is 0.496 e. The summed E-state index contributed by atoms with van der Waals surface area (Å²) in [6.07, 6.45) is 0. The first-order valence-electron chi connectivity index (χ1n) is 6.78. The van der Waals surface area contributed by atoms with E-state index in [0.717, 1.165) is 33.1 Å². The van der Waals surface area contributed by atoms with Crippen molar-refractivity contribution in [1.82, 2.24) is 4.98 Å². The zero-order chi connectivity index (χ0) is 15.9. The fraction of sp³-hybridized carbons (Fsp3) is 0.235. The molecule has 4 nitrogen and oxygen atoms in total. The number of aromatic nitrogens is 1. The summed E-state index contributed by atoms with van der Waals surface area (Å²) in [5.74, 6) is 2.04. The highest BCUT2D eigenvalue weighted by Gasteiger charge is 2.14. The number of halogens is 1. The molecule has 3 rings (SSSR count). The summed E-state index contributed by atoms with van der Waals surface area (Å²) in [4.78, 5) is 4.68. The molecule has 0 unspecified atom stereocenters. The standard InChI is InChI=1S/C17H16ClNO3/c1-9-5-12-10(6-14(9)20-2)17(18)11-7-15(21-3)16(22-4)8-13(11)19-12/h5-8H,1-4H3. The van der Waals surface area contributed by atoms with Crippen LogP contribution in [0.3, 0.4) is 0 Å². The molecule has 0 saturated heterocycles. The quantitative estimate of drug-likeness (QED) is 0.672. The van der Waals surface area contributed by atoms with Crippen LogP contribution < -0.4 is 14.2 Å². The van der Waals surface area contributed by atoms with Crippen LogP contribution in [0.25, 0.3) is 21.8 Å². The Hall–Kier alpha value is -2.20. The van der Waals surface area contributed by atoms with Crippen molar-refractivity contribution in [3.63, 3.8) is 0 Å². The number of fused-ring (bicyclic) bond motifs is 2. The molecule has 5 heteroatoms. The van der Waals surface area contributed by atoms with Crippen molar-refractivity contribution in [2.45, 2.75) is 6.92 Å². The van der Waals surface area contributed by atoms with Gasteiger partial charge < -0.3 is 14.2 Å². The maximum Gasteiger partial charge on any atom is 0.162 e. The Bertz CT molecular complexity index is 877. The van der Waals surface area contributed by atoms with E-state index in [1.54, 1.807) is 21.3 Å². The molecule has 0 atom stereocenters. The Labute approximate surface area is 133 Å². The second kappa shape index (κ2) is 5.54. The van der Waals surface area contributed by atoms with E-state index < -0.39 is 0 Å². The van der Waals surface area contributed by atoms with E-state index in [9.17, 15) is 0 Å². The summed E-state index contributed by atoms with van der Waals surface area (Å²) in [5.41, 5.74) is 2.60. The van der Waals surface area contributed by atoms with E-state index >= 15 is 0 Å². The molecule has 0 bridgehead atoms. The average molecular weight is 318 g/mol. The van der Waals surface area contributed by atoms with Gasteiger partial charge in [-0.3, -0.25) is 0 Å². The Morgan fingerprint density at radius 2 is 1.27 bits per heavy atom. The highest BCUT2D eigenvalue weighted by atomic mass is 35.5. The van der Waals surface area contributed by atoms with Gasteiger partial charge in [0.25, 0.3) is 0 Å². The third-order valence-electron chi connectivity index (χ3n) is 3.73. The number of hydrogen-bond acceptors (Lipinski definition) is 4. The number of rotatable bonds is 3. The maximum atomic E-state index is 6.59. The van der Waals surface area contributed by atoms with E-state index in [1.165, 1.54) is 0 Å². The molecule has 22 heavy (non-hydrogen) atoms. The van der Waals surface area contributed by atoms with Crippen LogP contribution in [-0.2, 0) is 0 Å². The fourth-order valence-corrected chi connectivity index (χ4v) is 2.88. The van der Waals surface area contributed by atoms with Gasteiger partial charge in [-0.15, -0.1) is 0 Å². The molecule has 0 aliphatic rings. The Morgan fingerprint density at radius 1 is 0.773 bits per heavy atom. The average Bonchev–Trinajstić information content (AvgIpc) is 2.53. The number of hydrogen-bond donors (Lipinski definition) is 0. The van der Waals surface area contributed by atoms with Crippen molar-refractivity contribution < 1.29 is 14.2 Å². The predicted octanol–water partition coefficient (Wildman–Crippen LogP) is 4.38. The van der Waals surface area contributed by atoms with Crippen LogP contribution in [0.4, 0.5) is 0 Å². The van der Waals surface area contributed by atoms with Crippen LogP contribution in [0.2, 0.25) is 5.02 Å². The van der Waals surface area contributed by atoms with E-state index in [1.807, 2.05) is 31.2 Å². The van der Waals surface area contributed by atoms with Gasteiger partial charge in [0, 0.05) is 16.8 Å². The van der Waals surface area contributed by atoms with Gasteiger partial charge in [0.1, 0.15) is 5.75 Å². The van der Waals surface area contributed by atoms with Crippen LogP contribution in [0, 0.1) is 6.92 Å². The molecule has 0 fully saturated rings. The van der Waals surface area contributed by atoms with Gasteiger partial charge in [0.05, 0.1) is 37.4 Å². The summed E-state index contributed by atoms with van der Waals surface area (Å²) < 4.78 is 16.0. The smallest absolute Gasteiger partial charge is 0.162 e. The van der Waals surface area contributed by atoms with Crippen molar-refractivity contribution in [1.29, 1.82) is 0 Å². The van der Waals surface area contributed by atoms with E-state index in [0.29, 0.717) is 16.5 Å². The van der Waals surface area contributed by atoms with Gasteiger partial charge in [-0.05, 0) is 30.7 Å². The number of pyridine rings is 1. The van der Waals surface area contributed by atoms with Gasteiger partial charge in [0.2, 0.25) is 0 Å². The molecular weight excluding hydrogens is 302 g/mol. The highest BCUT2D eigenvalue weighted by molar-refractivity contribution is 6.40. The van der Waals surface area contributed by atoms with E-state index in [-0.39, 0.29) is 0 Å². The summed E-state index contributed by atoms with van der Waals surface area (Å²) in [6, 6.07) is 7.56. The number of benzene rings is 2. The normalized spacial score (nSPS) is 11.0. The predicted molar refractivity (Wildman–Crippen MR) is 88.7 cm³/mol. The molecule has 0 radical (unpaired) electrons. The van der Waals surface area contributed by atoms with Crippen LogP contribution in [0.15, 0.2) is 24.3 Å². The number of ether oxygens (including phenoxy) is 3. The Kier molecular flexibility index (Phi) is 3.71. The van der Waals surface area contributed by atoms with Gasteiger partial charge in [-0.25, -0.2) is 4.98 Å². The SMILES string of the molecule is COc1cc2c(Cl)c3cc(OC)c(OC)cc3nc2cc1C. The molecule has 1 heterocycles. The summed E-state index contributed by atoms with van der Waals surface area (Å²) in [6.45, 7) is 1.98. The molecule has 3 aromatic rings. The molecule has 0 N–H and O–H groups in total. The molecule has 0 aliphatic heterocycles. The number of nitrogens with zero attached hydrogens (tertiary/aromatic N) is 1. The van der Waals surface area contributed by atoms with Crippen molar-refractivity contribution in [3.8, 4) is 17.2 Å².